The zero-order chi connectivity index (χ0) is 9.68. The third-order valence-corrected chi connectivity index (χ3v) is 1.84. The molecular weight excluding hydrogens is 211 g/mol. The normalized spacial score (nSPS) is 20.8. The number of amidine groups is 1. The van der Waals surface area contributed by atoms with Crippen LogP contribution >= 0.6 is 23.4 Å². The molecule has 0 fully saturated rings. The molecule has 1 aliphatic heterocycles. The quantitative estimate of drug-likeness (QED) is 0.435. The van der Waals surface area contributed by atoms with Gasteiger partial charge in [-0.3, -0.25) is 15.8 Å². The second-order valence-electron chi connectivity index (χ2n) is 2.62. The molecule has 0 bridgehead atoms. The minimum absolute atomic E-state index is 0.448. The van der Waals surface area contributed by atoms with Crippen molar-refractivity contribution in [3.8, 4) is 0 Å². The average Bonchev–Trinajstić information content (AvgIpc) is 2.03. The number of hydrogen-bond acceptors (Lipinski definition) is 3. The molecule has 0 aromatic rings. The summed E-state index contributed by atoms with van der Waals surface area (Å²) in [5.41, 5.74) is 5.42. The van der Waals surface area contributed by atoms with Crippen molar-refractivity contribution >= 4 is 29.2 Å². The first-order chi connectivity index (χ1) is 6.22. The van der Waals surface area contributed by atoms with E-state index in [2.05, 4.69) is 22.8 Å². The Morgan fingerprint density at radius 3 is 2.92 bits per heavy atom. The van der Waals surface area contributed by atoms with Crippen LogP contribution in [-0.4, -0.2) is 17.0 Å². The van der Waals surface area contributed by atoms with Gasteiger partial charge in [-0.15, -0.1) is 0 Å². The van der Waals surface area contributed by atoms with Crippen molar-refractivity contribution in [3.05, 3.63) is 11.2 Å². The summed E-state index contributed by atoms with van der Waals surface area (Å²) in [6, 6.07) is 0. The number of unbranched alkanes of at least 4 members (excludes halogenated alkanes) is 1. The van der Waals surface area contributed by atoms with Gasteiger partial charge in [0.15, 0.2) is 0 Å². The number of halogens is 2. The Kier molecular flexibility index (Phi) is 4.35. The number of rotatable bonds is 3. The van der Waals surface area contributed by atoms with Crippen molar-refractivity contribution in [2.45, 2.75) is 19.8 Å². The topological polar surface area (TPSA) is 39.7 Å². The fourth-order valence-electron chi connectivity index (χ4n) is 0.845. The van der Waals surface area contributed by atoms with Crippen LogP contribution in [-0.2, 0) is 0 Å². The lowest BCUT2D eigenvalue weighted by Gasteiger charge is -2.21. The van der Waals surface area contributed by atoms with Crippen molar-refractivity contribution in [2.75, 3.05) is 6.54 Å². The Labute approximate surface area is 87.6 Å². The van der Waals surface area contributed by atoms with E-state index in [0.717, 1.165) is 24.0 Å². The number of aliphatic imine (C=N–C) groups is 1. The predicted molar refractivity (Wildman–Crippen MR) is 55.1 cm³/mol. The maximum absolute atomic E-state index is 5.72. The van der Waals surface area contributed by atoms with E-state index in [1.807, 2.05) is 0 Å². The van der Waals surface area contributed by atoms with E-state index in [1.165, 1.54) is 0 Å². The van der Waals surface area contributed by atoms with E-state index in [4.69, 9.17) is 23.4 Å². The van der Waals surface area contributed by atoms with Gasteiger partial charge >= 0.3 is 0 Å². The van der Waals surface area contributed by atoms with Crippen molar-refractivity contribution in [2.24, 2.45) is 4.99 Å². The molecule has 1 heterocycles. The number of nitrogens with zero attached hydrogens (tertiary/aromatic N) is 2. The molecule has 0 amide bonds. The molecule has 0 aromatic heterocycles. The summed E-state index contributed by atoms with van der Waals surface area (Å²) >= 11 is 11.3. The summed E-state index contributed by atoms with van der Waals surface area (Å²) in [5.74, 6) is 0.673. The predicted octanol–water partition coefficient (Wildman–Crippen LogP) is 1.74. The van der Waals surface area contributed by atoms with Crippen molar-refractivity contribution < 1.29 is 0 Å². The number of nitrogens with one attached hydrogen (secondary N) is 2. The fourth-order valence-corrected chi connectivity index (χ4v) is 1.25. The van der Waals surface area contributed by atoms with Crippen LogP contribution in [0.5, 0.6) is 0 Å². The van der Waals surface area contributed by atoms with E-state index in [0.29, 0.717) is 11.0 Å². The molecule has 0 atom stereocenters. The third-order valence-electron chi connectivity index (χ3n) is 1.47. The largest absolute Gasteiger partial charge is 0.276 e. The molecule has 1 aliphatic rings. The molecule has 74 valence electrons. The van der Waals surface area contributed by atoms with E-state index < -0.39 is 0 Å². The maximum Gasteiger partial charge on any atom is 0.141 e. The molecule has 4 nitrogen and oxygen atoms in total. The Morgan fingerprint density at radius 2 is 2.31 bits per heavy atom. The highest BCUT2D eigenvalue weighted by Gasteiger charge is 2.10. The second-order valence-corrected chi connectivity index (χ2v) is 3.36. The van der Waals surface area contributed by atoms with Crippen LogP contribution in [0.1, 0.15) is 19.8 Å². The molecule has 0 spiro atoms. The first-order valence-electron chi connectivity index (χ1n) is 4.13. The highest BCUT2D eigenvalue weighted by atomic mass is 35.5. The Balaban J connectivity index is 2.49. The van der Waals surface area contributed by atoms with Crippen LogP contribution in [0.3, 0.4) is 0 Å². The van der Waals surface area contributed by atoms with Gasteiger partial charge in [0, 0.05) is 24.4 Å². The molecule has 0 unspecified atom stereocenters. The summed E-state index contributed by atoms with van der Waals surface area (Å²) < 4.78 is 1.15. The smallest absolute Gasteiger partial charge is 0.141 e. The number of hydrogen-bond donors (Lipinski definition) is 2. The van der Waals surface area contributed by atoms with Crippen LogP contribution in [0.25, 0.3) is 0 Å². The SMILES string of the molecule is CCCCN=C1C=C(Cl)NN(Cl)N1. The molecule has 0 saturated heterocycles. The monoisotopic (exact) mass is 222 g/mol. The maximum atomic E-state index is 5.72. The summed E-state index contributed by atoms with van der Waals surface area (Å²) in [4.78, 5) is 4.25. The average molecular weight is 223 g/mol. The van der Waals surface area contributed by atoms with Crippen LogP contribution in [0.15, 0.2) is 16.2 Å². The van der Waals surface area contributed by atoms with Crippen LogP contribution in [0.2, 0.25) is 0 Å². The Morgan fingerprint density at radius 1 is 1.54 bits per heavy atom. The van der Waals surface area contributed by atoms with E-state index in [-0.39, 0.29) is 0 Å². The second kappa shape index (κ2) is 5.32. The molecule has 0 saturated carbocycles. The number of hydrazine groups is 2. The lowest BCUT2D eigenvalue weighted by Crippen LogP contribution is -2.46. The van der Waals surface area contributed by atoms with Crippen molar-refractivity contribution in [1.82, 2.24) is 15.5 Å². The zero-order valence-corrected chi connectivity index (χ0v) is 8.86. The molecule has 0 aromatic carbocycles. The van der Waals surface area contributed by atoms with E-state index in [9.17, 15) is 0 Å². The molecule has 13 heavy (non-hydrogen) atoms. The van der Waals surface area contributed by atoms with Crippen LogP contribution in [0, 0.1) is 0 Å². The summed E-state index contributed by atoms with van der Waals surface area (Å²) in [6.07, 6.45) is 3.87. The van der Waals surface area contributed by atoms with Gasteiger partial charge in [0.25, 0.3) is 0 Å². The Hall–Kier alpha value is -0.450. The van der Waals surface area contributed by atoms with Gasteiger partial charge in [0.05, 0.1) is 0 Å². The molecule has 0 aliphatic carbocycles. The summed E-state index contributed by atoms with van der Waals surface area (Å²) in [6.45, 7) is 2.90. The first-order valence-corrected chi connectivity index (χ1v) is 4.85. The zero-order valence-electron chi connectivity index (χ0n) is 7.35. The standard InChI is InChI=1S/C7H12Cl2N4/c1-2-3-4-10-7-5-6(8)11-13(9)12-7/h5,11H,2-4H2,1H3,(H,10,12). The third kappa shape index (κ3) is 3.85. The highest BCUT2D eigenvalue weighted by molar-refractivity contribution is 6.31. The highest BCUT2D eigenvalue weighted by Crippen LogP contribution is 2.04. The Bertz CT molecular complexity index is 227. The van der Waals surface area contributed by atoms with Gasteiger partial charge in [-0.25, -0.2) is 0 Å². The van der Waals surface area contributed by atoms with Gasteiger partial charge in [-0.05, 0) is 11.1 Å². The van der Waals surface area contributed by atoms with Crippen molar-refractivity contribution in [3.63, 3.8) is 0 Å². The molecule has 1 rings (SSSR count). The van der Waals surface area contributed by atoms with Crippen molar-refractivity contribution in [1.29, 1.82) is 0 Å². The van der Waals surface area contributed by atoms with Gasteiger partial charge in [0.2, 0.25) is 0 Å². The minimum atomic E-state index is 0.448. The van der Waals surface area contributed by atoms with Gasteiger partial charge in [-0.1, -0.05) is 24.9 Å². The molecule has 0 radical (unpaired) electrons. The molecule has 2 N–H and O–H groups in total. The van der Waals surface area contributed by atoms with E-state index in [1.54, 1.807) is 6.08 Å². The fraction of sp³-hybridized carbons (Fsp3) is 0.571. The van der Waals surface area contributed by atoms with Crippen LogP contribution in [0.4, 0.5) is 0 Å². The van der Waals surface area contributed by atoms with Gasteiger partial charge in [-0.2, -0.15) is 0 Å². The molecular formula is C7H12Cl2N4. The van der Waals surface area contributed by atoms with Crippen LogP contribution < -0.4 is 10.9 Å². The van der Waals surface area contributed by atoms with Gasteiger partial charge < -0.3 is 0 Å². The lowest BCUT2D eigenvalue weighted by molar-refractivity contribution is 0.337. The summed E-state index contributed by atoms with van der Waals surface area (Å²) in [5, 5.41) is 0.448. The summed E-state index contributed by atoms with van der Waals surface area (Å²) in [7, 11) is 0. The van der Waals surface area contributed by atoms with E-state index >= 15 is 0 Å². The van der Waals surface area contributed by atoms with Gasteiger partial charge in [0.1, 0.15) is 11.0 Å². The lowest BCUT2D eigenvalue weighted by atomic mass is 10.3. The first kappa shape index (κ1) is 10.6. The minimum Gasteiger partial charge on any atom is -0.276 e. The molecule has 6 heteroatoms.